The first-order valence-electron chi connectivity index (χ1n) is 7.95. The van der Waals surface area contributed by atoms with Crippen LogP contribution in [0.4, 0.5) is 15.6 Å². The summed E-state index contributed by atoms with van der Waals surface area (Å²) in [6.45, 7) is 0. The van der Waals surface area contributed by atoms with E-state index in [0.717, 1.165) is 5.56 Å². The normalized spacial score (nSPS) is 10.1. The number of ether oxygens (including phenoxy) is 2. The van der Waals surface area contributed by atoms with Crippen molar-refractivity contribution in [3.63, 3.8) is 0 Å². The Morgan fingerprint density at radius 2 is 1.67 bits per heavy atom. The van der Waals surface area contributed by atoms with Gasteiger partial charge in [0.05, 0.1) is 25.5 Å². The first-order valence-corrected chi connectivity index (χ1v) is 8.83. The number of anilines is 2. The molecule has 7 nitrogen and oxygen atoms in total. The molecule has 0 aliphatic rings. The number of carbonyl (C=O) groups excluding carboxylic acids is 2. The zero-order valence-corrected chi connectivity index (χ0v) is 15.5. The number of aromatic nitrogens is 1. The lowest BCUT2D eigenvalue weighted by Crippen LogP contribution is -2.19. The van der Waals surface area contributed by atoms with Crippen molar-refractivity contribution < 1.29 is 19.1 Å². The van der Waals surface area contributed by atoms with E-state index in [-0.39, 0.29) is 6.03 Å². The van der Waals surface area contributed by atoms with E-state index in [0.29, 0.717) is 27.8 Å². The number of thiazole rings is 1. The number of esters is 1. The molecule has 1 aromatic heterocycles. The number of amides is 2. The molecular weight excluding hydrogens is 366 g/mol. The van der Waals surface area contributed by atoms with Crippen LogP contribution in [0, 0.1) is 0 Å². The summed E-state index contributed by atoms with van der Waals surface area (Å²) in [7, 11) is 2.92. The zero-order valence-electron chi connectivity index (χ0n) is 14.7. The molecule has 3 rings (SSSR count). The smallest absolute Gasteiger partial charge is 0.337 e. The monoisotopic (exact) mass is 383 g/mol. The number of carbonyl (C=O) groups is 2. The van der Waals surface area contributed by atoms with Crippen LogP contribution < -0.4 is 15.4 Å². The highest BCUT2D eigenvalue weighted by molar-refractivity contribution is 7.14. The van der Waals surface area contributed by atoms with E-state index in [1.54, 1.807) is 55.6 Å². The molecule has 2 aromatic carbocycles. The third-order valence-electron chi connectivity index (χ3n) is 3.67. The number of urea groups is 1. The quantitative estimate of drug-likeness (QED) is 0.643. The Hall–Kier alpha value is -3.39. The van der Waals surface area contributed by atoms with Crippen molar-refractivity contribution >= 4 is 34.2 Å². The summed E-state index contributed by atoms with van der Waals surface area (Å²) in [5.74, 6) is 0.320. The van der Waals surface area contributed by atoms with Crippen LogP contribution >= 0.6 is 11.3 Å². The summed E-state index contributed by atoms with van der Waals surface area (Å²) in [6.07, 6.45) is 0. The minimum absolute atomic E-state index is 0.387. The second kappa shape index (κ2) is 8.33. The maximum Gasteiger partial charge on any atom is 0.337 e. The van der Waals surface area contributed by atoms with Crippen LogP contribution in [0.5, 0.6) is 5.75 Å². The van der Waals surface area contributed by atoms with E-state index in [2.05, 4.69) is 20.4 Å². The lowest BCUT2D eigenvalue weighted by Gasteiger charge is -2.06. The highest BCUT2D eigenvalue weighted by atomic mass is 32.1. The van der Waals surface area contributed by atoms with Gasteiger partial charge in [0.1, 0.15) is 5.75 Å². The number of hydrogen-bond donors (Lipinski definition) is 2. The Kier molecular flexibility index (Phi) is 5.68. The number of hydrogen-bond acceptors (Lipinski definition) is 6. The van der Waals surface area contributed by atoms with Crippen molar-refractivity contribution in [3.05, 3.63) is 59.5 Å². The van der Waals surface area contributed by atoms with Gasteiger partial charge in [-0.05, 0) is 36.4 Å². The van der Waals surface area contributed by atoms with Crippen molar-refractivity contribution in [2.45, 2.75) is 0 Å². The highest BCUT2D eigenvalue weighted by Gasteiger charge is 2.10. The first-order chi connectivity index (χ1) is 13.1. The van der Waals surface area contributed by atoms with Gasteiger partial charge in [0.2, 0.25) is 0 Å². The zero-order chi connectivity index (χ0) is 19.2. The predicted molar refractivity (Wildman–Crippen MR) is 105 cm³/mol. The Balaban J connectivity index is 1.63. The summed E-state index contributed by atoms with van der Waals surface area (Å²) in [5, 5.41) is 7.72. The van der Waals surface area contributed by atoms with Gasteiger partial charge in [0.15, 0.2) is 5.13 Å². The molecule has 0 spiro atoms. The van der Waals surface area contributed by atoms with Gasteiger partial charge >= 0.3 is 12.0 Å². The lowest BCUT2D eigenvalue weighted by molar-refractivity contribution is 0.0600. The second-order valence-electron chi connectivity index (χ2n) is 5.41. The fraction of sp³-hybridized carbons (Fsp3) is 0.105. The molecule has 0 aliphatic heterocycles. The molecule has 8 heteroatoms. The average molecular weight is 383 g/mol. The topological polar surface area (TPSA) is 89.5 Å². The van der Waals surface area contributed by atoms with Crippen LogP contribution in [0.2, 0.25) is 0 Å². The van der Waals surface area contributed by atoms with Crippen molar-refractivity contribution in [3.8, 4) is 17.0 Å². The molecule has 1 heterocycles. The molecular formula is C19H17N3O4S. The third kappa shape index (κ3) is 4.62. The predicted octanol–water partition coefficient (Wildman–Crippen LogP) is 4.25. The van der Waals surface area contributed by atoms with Gasteiger partial charge < -0.3 is 14.8 Å². The standard InChI is InChI=1S/C19H17N3O4S/c1-25-15-9-7-14(8-10-15)20-18(24)22-19-21-16(11-27-19)12-3-5-13(6-4-12)17(23)26-2/h3-11H,1-2H3,(H2,20,21,22,24). The minimum atomic E-state index is -0.391. The van der Waals surface area contributed by atoms with E-state index >= 15 is 0 Å². The van der Waals surface area contributed by atoms with Crippen molar-refractivity contribution in [1.82, 2.24) is 4.98 Å². The summed E-state index contributed by atoms with van der Waals surface area (Å²) in [5.41, 5.74) is 2.65. The molecule has 0 saturated carbocycles. The Morgan fingerprint density at radius 3 is 2.30 bits per heavy atom. The van der Waals surface area contributed by atoms with Gasteiger partial charge in [-0.2, -0.15) is 0 Å². The molecule has 0 radical (unpaired) electrons. The molecule has 0 fully saturated rings. The van der Waals surface area contributed by atoms with Crippen molar-refractivity contribution in [1.29, 1.82) is 0 Å². The molecule has 2 amide bonds. The Bertz CT molecular complexity index is 936. The third-order valence-corrected chi connectivity index (χ3v) is 4.43. The van der Waals surface area contributed by atoms with Crippen molar-refractivity contribution in [2.75, 3.05) is 24.9 Å². The van der Waals surface area contributed by atoms with Crippen LogP contribution in [0.25, 0.3) is 11.3 Å². The van der Waals surface area contributed by atoms with E-state index in [9.17, 15) is 9.59 Å². The maximum atomic E-state index is 12.1. The van der Waals surface area contributed by atoms with E-state index in [1.165, 1.54) is 18.4 Å². The summed E-state index contributed by atoms with van der Waals surface area (Å²) >= 11 is 1.31. The Labute approximate surface area is 160 Å². The molecule has 138 valence electrons. The fourth-order valence-corrected chi connectivity index (χ4v) is 3.01. The maximum absolute atomic E-state index is 12.1. The summed E-state index contributed by atoms with van der Waals surface area (Å²) in [4.78, 5) is 28.0. The molecule has 27 heavy (non-hydrogen) atoms. The molecule has 2 N–H and O–H groups in total. The molecule has 0 atom stereocenters. The molecule has 0 bridgehead atoms. The molecule has 0 saturated heterocycles. The summed E-state index contributed by atoms with van der Waals surface area (Å²) in [6, 6.07) is 13.5. The first kappa shape index (κ1) is 18.4. The summed E-state index contributed by atoms with van der Waals surface area (Å²) < 4.78 is 9.76. The van der Waals surface area contributed by atoms with Crippen LogP contribution in [0.3, 0.4) is 0 Å². The van der Waals surface area contributed by atoms with Crippen LogP contribution in [-0.2, 0) is 4.74 Å². The molecule has 0 aliphatic carbocycles. The molecule has 0 unspecified atom stereocenters. The van der Waals surface area contributed by atoms with Gasteiger partial charge in [-0.1, -0.05) is 12.1 Å². The van der Waals surface area contributed by atoms with E-state index < -0.39 is 5.97 Å². The van der Waals surface area contributed by atoms with Crippen LogP contribution in [0.15, 0.2) is 53.9 Å². The highest BCUT2D eigenvalue weighted by Crippen LogP contribution is 2.25. The lowest BCUT2D eigenvalue weighted by atomic mass is 10.1. The number of nitrogens with one attached hydrogen (secondary N) is 2. The Morgan fingerprint density at radius 1 is 0.963 bits per heavy atom. The van der Waals surface area contributed by atoms with Gasteiger partial charge in [-0.25, -0.2) is 14.6 Å². The SMILES string of the molecule is COC(=O)c1ccc(-c2csc(NC(=O)Nc3ccc(OC)cc3)n2)cc1. The van der Waals surface area contributed by atoms with E-state index in [4.69, 9.17) is 4.74 Å². The van der Waals surface area contributed by atoms with E-state index in [1.807, 2.05) is 5.38 Å². The van der Waals surface area contributed by atoms with Gasteiger partial charge in [-0.3, -0.25) is 5.32 Å². The number of rotatable bonds is 5. The van der Waals surface area contributed by atoms with Gasteiger partial charge in [0.25, 0.3) is 0 Å². The van der Waals surface area contributed by atoms with Crippen LogP contribution in [0.1, 0.15) is 10.4 Å². The number of benzene rings is 2. The average Bonchev–Trinajstić information content (AvgIpc) is 3.16. The second-order valence-corrected chi connectivity index (χ2v) is 6.27. The number of methoxy groups -OCH3 is 2. The van der Waals surface area contributed by atoms with Crippen LogP contribution in [-0.4, -0.2) is 31.2 Å². The number of nitrogens with zero attached hydrogens (tertiary/aromatic N) is 1. The van der Waals surface area contributed by atoms with Gasteiger partial charge in [-0.15, -0.1) is 11.3 Å². The fourth-order valence-electron chi connectivity index (χ4n) is 2.29. The van der Waals surface area contributed by atoms with Crippen molar-refractivity contribution in [2.24, 2.45) is 0 Å². The molecule has 3 aromatic rings. The minimum Gasteiger partial charge on any atom is -0.497 e. The van der Waals surface area contributed by atoms with Gasteiger partial charge in [0, 0.05) is 16.6 Å². The largest absolute Gasteiger partial charge is 0.497 e.